The fourth-order valence-electron chi connectivity index (χ4n) is 2.49. The lowest BCUT2D eigenvalue weighted by Crippen LogP contribution is -2.10. The van der Waals surface area contributed by atoms with Gasteiger partial charge in [0.25, 0.3) is 0 Å². The topological polar surface area (TPSA) is 80.4 Å². The van der Waals surface area contributed by atoms with Crippen LogP contribution in [0, 0.1) is 0 Å². The Morgan fingerprint density at radius 1 is 1.23 bits per heavy atom. The van der Waals surface area contributed by atoms with Crippen molar-refractivity contribution in [2.75, 3.05) is 5.73 Å². The number of nitrogens with two attached hydrogens (primary N) is 1. The summed E-state index contributed by atoms with van der Waals surface area (Å²) in [6.45, 7) is 1.62. The molecule has 1 aliphatic heterocycles. The van der Waals surface area contributed by atoms with Crippen LogP contribution in [0.1, 0.15) is 34.3 Å². The SMILES string of the molecule is CC(C(=O)O)c1ccc2c(c1)C(=O)Cc1cc(N)ccc1S2. The minimum Gasteiger partial charge on any atom is -0.481 e. The van der Waals surface area contributed by atoms with Crippen LogP contribution in [-0.2, 0) is 11.2 Å². The van der Waals surface area contributed by atoms with E-state index in [1.54, 1.807) is 19.1 Å². The lowest BCUT2D eigenvalue weighted by atomic mass is 9.96. The molecular weight excluding hydrogens is 298 g/mol. The van der Waals surface area contributed by atoms with Gasteiger partial charge in [0.15, 0.2) is 5.78 Å². The number of benzene rings is 2. The van der Waals surface area contributed by atoms with Gasteiger partial charge in [-0.15, -0.1) is 0 Å². The summed E-state index contributed by atoms with van der Waals surface area (Å²) in [5.41, 5.74) is 8.58. The van der Waals surface area contributed by atoms with Crippen LogP contribution in [0.5, 0.6) is 0 Å². The highest BCUT2D eigenvalue weighted by atomic mass is 32.2. The van der Waals surface area contributed by atoms with E-state index in [1.165, 1.54) is 11.8 Å². The number of nitrogen functional groups attached to an aromatic ring is 1. The highest BCUT2D eigenvalue weighted by Gasteiger charge is 2.23. The number of Topliss-reactive ketones (excluding diaryl/α,β-unsaturated/α-hetero) is 1. The van der Waals surface area contributed by atoms with Gasteiger partial charge in [-0.2, -0.15) is 0 Å². The molecule has 0 saturated heterocycles. The molecule has 112 valence electrons. The van der Waals surface area contributed by atoms with Crippen molar-refractivity contribution in [2.24, 2.45) is 0 Å². The summed E-state index contributed by atoms with van der Waals surface area (Å²) in [6.07, 6.45) is 0.283. The normalized spacial score (nSPS) is 14.7. The standard InChI is InChI=1S/C17H15NO3S/c1-9(17(20)21)10-2-4-16-13(7-10)14(19)8-11-6-12(18)3-5-15(11)22-16/h2-7,9H,8,18H2,1H3,(H,20,21). The van der Waals surface area contributed by atoms with E-state index in [9.17, 15) is 9.59 Å². The molecule has 3 N–H and O–H groups in total. The molecule has 0 saturated carbocycles. The lowest BCUT2D eigenvalue weighted by molar-refractivity contribution is -0.138. The van der Waals surface area contributed by atoms with Crippen LogP contribution >= 0.6 is 11.8 Å². The molecule has 1 heterocycles. The van der Waals surface area contributed by atoms with E-state index in [0.29, 0.717) is 16.8 Å². The van der Waals surface area contributed by atoms with Crippen LogP contribution in [0.3, 0.4) is 0 Å². The summed E-state index contributed by atoms with van der Waals surface area (Å²) in [4.78, 5) is 25.5. The number of hydrogen-bond acceptors (Lipinski definition) is 4. The predicted molar refractivity (Wildman–Crippen MR) is 85.5 cm³/mol. The van der Waals surface area contributed by atoms with Crippen molar-refractivity contribution in [3.63, 3.8) is 0 Å². The van der Waals surface area contributed by atoms with E-state index in [0.717, 1.165) is 15.4 Å². The molecule has 5 heteroatoms. The Kier molecular flexibility index (Phi) is 3.66. The van der Waals surface area contributed by atoms with Crippen molar-refractivity contribution in [3.05, 3.63) is 53.1 Å². The van der Waals surface area contributed by atoms with Gasteiger partial charge in [-0.25, -0.2) is 0 Å². The fraction of sp³-hybridized carbons (Fsp3) is 0.176. The third-order valence-electron chi connectivity index (χ3n) is 3.83. The maximum Gasteiger partial charge on any atom is 0.310 e. The first kappa shape index (κ1) is 14.7. The maximum atomic E-state index is 12.5. The number of anilines is 1. The molecule has 2 aromatic carbocycles. The number of hydrogen-bond donors (Lipinski definition) is 2. The van der Waals surface area contributed by atoms with Crippen LogP contribution in [0.2, 0.25) is 0 Å². The number of aliphatic carboxylic acids is 1. The van der Waals surface area contributed by atoms with Crippen LogP contribution < -0.4 is 5.73 Å². The lowest BCUT2D eigenvalue weighted by Gasteiger charge is -2.10. The van der Waals surface area contributed by atoms with Crippen LogP contribution in [-0.4, -0.2) is 16.9 Å². The summed E-state index contributed by atoms with van der Waals surface area (Å²) in [5, 5.41) is 9.13. The zero-order valence-corrected chi connectivity index (χ0v) is 12.8. The third-order valence-corrected chi connectivity index (χ3v) is 5.02. The molecule has 22 heavy (non-hydrogen) atoms. The maximum absolute atomic E-state index is 12.5. The summed E-state index contributed by atoms with van der Waals surface area (Å²) in [6, 6.07) is 10.9. The minimum absolute atomic E-state index is 0.00807. The number of carboxylic acid groups (broad SMARTS) is 1. The van der Waals surface area contributed by atoms with Gasteiger partial charge < -0.3 is 10.8 Å². The van der Waals surface area contributed by atoms with Gasteiger partial charge in [-0.3, -0.25) is 9.59 Å². The summed E-state index contributed by atoms with van der Waals surface area (Å²) in [5.74, 6) is -1.54. The number of ketones is 1. The van der Waals surface area contributed by atoms with Gasteiger partial charge in [0.05, 0.1) is 5.92 Å². The van der Waals surface area contributed by atoms with Crippen LogP contribution in [0.15, 0.2) is 46.2 Å². The number of carbonyl (C=O) groups excluding carboxylic acids is 1. The number of carboxylic acids is 1. The summed E-state index contributed by atoms with van der Waals surface area (Å²) < 4.78 is 0. The molecular formula is C17H15NO3S. The van der Waals surface area contributed by atoms with Gasteiger partial charge in [0.1, 0.15) is 0 Å². The molecule has 0 bridgehead atoms. The third kappa shape index (κ3) is 2.60. The van der Waals surface area contributed by atoms with Crippen molar-refractivity contribution < 1.29 is 14.7 Å². The molecule has 0 amide bonds. The molecule has 1 unspecified atom stereocenters. The molecule has 3 rings (SSSR count). The van der Waals surface area contributed by atoms with Gasteiger partial charge in [0, 0.05) is 27.5 Å². The molecule has 0 spiro atoms. The largest absolute Gasteiger partial charge is 0.481 e. The molecule has 1 atom stereocenters. The Hall–Kier alpha value is -2.27. The zero-order valence-electron chi connectivity index (χ0n) is 12.0. The van der Waals surface area contributed by atoms with Gasteiger partial charge in [-0.1, -0.05) is 17.8 Å². The fourth-order valence-corrected chi connectivity index (χ4v) is 3.54. The first-order chi connectivity index (χ1) is 10.5. The van der Waals surface area contributed by atoms with Crippen molar-refractivity contribution in [2.45, 2.75) is 29.1 Å². The number of fused-ring (bicyclic) bond motifs is 2. The Morgan fingerprint density at radius 3 is 2.68 bits per heavy atom. The second-order valence-corrected chi connectivity index (χ2v) is 6.47. The van der Waals surface area contributed by atoms with Crippen molar-refractivity contribution in [3.8, 4) is 0 Å². The molecule has 4 nitrogen and oxygen atoms in total. The highest BCUT2D eigenvalue weighted by Crippen LogP contribution is 2.38. The van der Waals surface area contributed by atoms with E-state index in [1.807, 2.05) is 24.3 Å². The average molecular weight is 313 g/mol. The molecule has 0 aliphatic carbocycles. The first-order valence-electron chi connectivity index (χ1n) is 6.92. The molecule has 0 radical (unpaired) electrons. The van der Waals surface area contributed by atoms with Crippen molar-refractivity contribution >= 4 is 29.2 Å². The number of rotatable bonds is 2. The van der Waals surface area contributed by atoms with Gasteiger partial charge >= 0.3 is 5.97 Å². The molecule has 1 aliphatic rings. The van der Waals surface area contributed by atoms with Crippen molar-refractivity contribution in [1.82, 2.24) is 0 Å². The quantitative estimate of drug-likeness (QED) is 0.831. The van der Waals surface area contributed by atoms with Crippen LogP contribution in [0.4, 0.5) is 5.69 Å². The second kappa shape index (κ2) is 5.50. The Balaban J connectivity index is 2.06. The Bertz CT molecular complexity index is 785. The van der Waals surface area contributed by atoms with Crippen molar-refractivity contribution in [1.29, 1.82) is 0 Å². The molecule has 0 fully saturated rings. The zero-order chi connectivity index (χ0) is 15.9. The predicted octanol–water partition coefficient (Wildman–Crippen LogP) is 3.35. The van der Waals surface area contributed by atoms with E-state index in [2.05, 4.69) is 0 Å². The van der Waals surface area contributed by atoms with E-state index in [4.69, 9.17) is 10.8 Å². The molecule has 2 aromatic rings. The number of carbonyl (C=O) groups is 2. The second-order valence-electron chi connectivity index (χ2n) is 5.38. The highest BCUT2D eigenvalue weighted by molar-refractivity contribution is 7.99. The first-order valence-corrected chi connectivity index (χ1v) is 7.73. The Labute approximate surface area is 132 Å². The molecule has 0 aromatic heterocycles. The van der Waals surface area contributed by atoms with E-state index >= 15 is 0 Å². The monoisotopic (exact) mass is 313 g/mol. The Morgan fingerprint density at radius 2 is 1.95 bits per heavy atom. The minimum atomic E-state index is -0.898. The summed E-state index contributed by atoms with van der Waals surface area (Å²) in [7, 11) is 0. The smallest absolute Gasteiger partial charge is 0.310 e. The average Bonchev–Trinajstić information content (AvgIpc) is 2.62. The summed E-state index contributed by atoms with van der Waals surface area (Å²) >= 11 is 1.52. The van der Waals surface area contributed by atoms with E-state index < -0.39 is 11.9 Å². The van der Waals surface area contributed by atoms with Gasteiger partial charge in [0.2, 0.25) is 0 Å². The van der Waals surface area contributed by atoms with E-state index in [-0.39, 0.29) is 12.2 Å². The van der Waals surface area contributed by atoms with Gasteiger partial charge in [-0.05, 0) is 48.4 Å². The van der Waals surface area contributed by atoms with Crippen LogP contribution in [0.25, 0.3) is 0 Å².